The van der Waals surface area contributed by atoms with E-state index in [-0.39, 0.29) is 5.54 Å². The van der Waals surface area contributed by atoms with Gasteiger partial charge in [-0.2, -0.15) is 0 Å². The zero-order valence-electron chi connectivity index (χ0n) is 7.10. The lowest BCUT2D eigenvalue weighted by molar-refractivity contribution is 0.00639. The fourth-order valence-electron chi connectivity index (χ4n) is 0.385. The second-order valence-corrected chi connectivity index (χ2v) is 3.50. The Morgan fingerprint density at radius 2 is 1.70 bits per heavy atom. The normalized spacial score (nSPS) is 13.3. The van der Waals surface area contributed by atoms with Crippen LogP contribution < -0.4 is 5.23 Å². The van der Waals surface area contributed by atoms with Crippen molar-refractivity contribution in [3.8, 4) is 0 Å². The molecule has 0 aromatic heterocycles. The maximum absolute atomic E-state index is 9.54. The summed E-state index contributed by atoms with van der Waals surface area (Å²) in [5, 5.41) is 12.4. The van der Waals surface area contributed by atoms with Crippen LogP contribution in [0.4, 0.5) is 0 Å². The molecule has 0 atom stereocenters. The van der Waals surface area contributed by atoms with Gasteiger partial charge in [0.15, 0.2) is 0 Å². The summed E-state index contributed by atoms with van der Waals surface area (Å²) in [6.45, 7) is 7.25. The molecular weight excluding hydrogens is 124 g/mol. The largest absolute Gasteiger partial charge is 0.389 e. The third-order valence-electron chi connectivity index (χ3n) is 1.97. The Morgan fingerprint density at radius 1 is 1.30 bits per heavy atom. The average Bonchev–Trinajstić information content (AvgIpc) is 1.61. The summed E-state index contributed by atoms with van der Waals surface area (Å²) in [7, 11) is 6.51. The highest BCUT2D eigenvalue weighted by Crippen LogP contribution is 2.19. The first kappa shape index (κ1) is 10.0. The highest BCUT2D eigenvalue weighted by Gasteiger charge is 2.33. The number of aliphatic hydroxyl groups is 1. The Kier molecular flexibility index (Phi) is 2.99. The van der Waals surface area contributed by atoms with Crippen LogP contribution in [0.3, 0.4) is 0 Å². The van der Waals surface area contributed by atoms with Crippen LogP contribution in [0, 0.1) is 0 Å². The molecule has 2 N–H and O–H groups in total. The SMILES string of the molecule is [B][B]NC(C)(C)C(C)(C)O. The van der Waals surface area contributed by atoms with Crippen LogP contribution in [-0.2, 0) is 0 Å². The number of rotatable bonds is 3. The summed E-state index contributed by atoms with van der Waals surface area (Å²) in [6, 6.07) is 0. The quantitative estimate of drug-likeness (QED) is 0.530. The molecule has 0 saturated heterocycles. The van der Waals surface area contributed by atoms with Crippen LogP contribution in [0.5, 0.6) is 0 Å². The first-order chi connectivity index (χ1) is 4.31. The van der Waals surface area contributed by atoms with Crippen molar-refractivity contribution in [2.45, 2.75) is 38.8 Å². The number of hydrogen-bond donors (Lipinski definition) is 2. The van der Waals surface area contributed by atoms with E-state index in [2.05, 4.69) is 5.23 Å². The minimum Gasteiger partial charge on any atom is -0.389 e. The molecular formula is C6H14B2NO. The van der Waals surface area contributed by atoms with Gasteiger partial charge in [-0.05, 0) is 27.7 Å². The molecule has 0 heterocycles. The Bertz CT molecular complexity index is 109. The van der Waals surface area contributed by atoms with Crippen molar-refractivity contribution in [1.29, 1.82) is 0 Å². The van der Waals surface area contributed by atoms with E-state index in [1.54, 1.807) is 13.8 Å². The number of nitrogens with one attached hydrogen (secondary N) is 1. The average molecular weight is 138 g/mol. The molecule has 0 aromatic rings. The zero-order valence-corrected chi connectivity index (χ0v) is 7.10. The molecule has 10 heavy (non-hydrogen) atoms. The van der Waals surface area contributed by atoms with Crippen LogP contribution in [0.1, 0.15) is 27.7 Å². The van der Waals surface area contributed by atoms with E-state index in [0.29, 0.717) is 0 Å². The minimum absolute atomic E-state index is 0.387. The number of hydrogen-bond acceptors (Lipinski definition) is 2. The van der Waals surface area contributed by atoms with Gasteiger partial charge in [-0.3, -0.25) is 0 Å². The maximum atomic E-state index is 9.54. The summed E-state index contributed by atoms with van der Waals surface area (Å²) in [4.78, 5) is 0. The van der Waals surface area contributed by atoms with Gasteiger partial charge >= 0.3 is 0 Å². The third-order valence-corrected chi connectivity index (χ3v) is 1.97. The second-order valence-electron chi connectivity index (χ2n) is 3.50. The first-order valence-corrected chi connectivity index (χ1v) is 3.35. The molecule has 3 radical (unpaired) electrons. The highest BCUT2D eigenvalue weighted by atomic mass is 16.3. The van der Waals surface area contributed by atoms with Gasteiger partial charge in [0.05, 0.1) is 5.60 Å². The molecule has 2 nitrogen and oxygen atoms in total. The van der Waals surface area contributed by atoms with Gasteiger partial charge in [0, 0.05) is 13.3 Å². The predicted octanol–water partition coefficient (Wildman–Crippen LogP) is -0.172. The molecule has 0 unspecified atom stereocenters. The van der Waals surface area contributed by atoms with Crippen molar-refractivity contribution in [2.24, 2.45) is 0 Å². The fourth-order valence-corrected chi connectivity index (χ4v) is 0.385. The van der Waals surface area contributed by atoms with E-state index in [9.17, 15) is 5.11 Å². The van der Waals surface area contributed by atoms with Gasteiger partial charge in [0.2, 0.25) is 0 Å². The van der Waals surface area contributed by atoms with E-state index in [4.69, 9.17) is 7.74 Å². The second kappa shape index (κ2) is 2.97. The van der Waals surface area contributed by atoms with E-state index in [0.717, 1.165) is 0 Å². The maximum Gasteiger partial charge on any atom is 0.145 e. The zero-order chi connectivity index (χ0) is 8.41. The Morgan fingerprint density at radius 3 is 1.80 bits per heavy atom. The molecule has 0 fully saturated rings. The molecule has 0 spiro atoms. The van der Waals surface area contributed by atoms with E-state index < -0.39 is 5.60 Å². The lowest BCUT2D eigenvalue weighted by atomic mass is 9.64. The molecule has 0 rings (SSSR count). The summed E-state index contributed by atoms with van der Waals surface area (Å²) in [5.41, 5.74) is -1.16. The van der Waals surface area contributed by atoms with Crippen molar-refractivity contribution >= 4 is 15.0 Å². The van der Waals surface area contributed by atoms with Crippen molar-refractivity contribution in [1.82, 2.24) is 5.23 Å². The first-order valence-electron chi connectivity index (χ1n) is 3.35. The topological polar surface area (TPSA) is 32.3 Å². The molecule has 0 aliphatic heterocycles. The van der Waals surface area contributed by atoms with Crippen LogP contribution in [0.15, 0.2) is 0 Å². The minimum atomic E-state index is -0.775. The van der Waals surface area contributed by atoms with Crippen LogP contribution in [0.2, 0.25) is 0 Å². The summed E-state index contributed by atoms with van der Waals surface area (Å²) < 4.78 is 0. The molecule has 0 amide bonds. The molecule has 0 saturated carbocycles. The van der Waals surface area contributed by atoms with Crippen molar-refractivity contribution < 1.29 is 5.11 Å². The lowest BCUT2D eigenvalue weighted by Crippen LogP contribution is -2.57. The molecule has 0 aliphatic carbocycles. The van der Waals surface area contributed by atoms with E-state index in [1.165, 1.54) is 7.31 Å². The van der Waals surface area contributed by atoms with Crippen LogP contribution in [0.25, 0.3) is 0 Å². The van der Waals surface area contributed by atoms with Crippen molar-refractivity contribution in [3.63, 3.8) is 0 Å². The summed E-state index contributed by atoms with van der Waals surface area (Å²) >= 11 is 0. The monoisotopic (exact) mass is 138 g/mol. The van der Waals surface area contributed by atoms with Gasteiger partial charge in [-0.25, -0.2) is 0 Å². The molecule has 4 heteroatoms. The van der Waals surface area contributed by atoms with Crippen molar-refractivity contribution in [2.75, 3.05) is 0 Å². The van der Waals surface area contributed by atoms with Gasteiger partial charge in [-0.1, -0.05) is 0 Å². The summed E-state index contributed by atoms with van der Waals surface area (Å²) in [6.07, 6.45) is 0. The van der Waals surface area contributed by atoms with Gasteiger partial charge in [0.25, 0.3) is 0 Å². The predicted molar refractivity (Wildman–Crippen MR) is 45.0 cm³/mol. The molecule has 0 aliphatic rings. The lowest BCUT2D eigenvalue weighted by Gasteiger charge is -2.38. The highest BCUT2D eigenvalue weighted by molar-refractivity contribution is 6.87. The summed E-state index contributed by atoms with van der Waals surface area (Å²) in [5.74, 6) is 0. The van der Waals surface area contributed by atoms with Crippen LogP contribution >= 0.6 is 0 Å². The van der Waals surface area contributed by atoms with E-state index >= 15 is 0 Å². The van der Waals surface area contributed by atoms with Crippen molar-refractivity contribution in [3.05, 3.63) is 0 Å². The van der Waals surface area contributed by atoms with Gasteiger partial charge in [0.1, 0.15) is 7.31 Å². The Labute approximate surface area is 65.1 Å². The third kappa shape index (κ3) is 2.35. The van der Waals surface area contributed by atoms with Gasteiger partial charge < -0.3 is 10.3 Å². The van der Waals surface area contributed by atoms with Gasteiger partial charge in [-0.15, -0.1) is 0 Å². The Hall–Kier alpha value is 0.0499. The fraction of sp³-hybridized carbons (Fsp3) is 1.00. The standard InChI is InChI=1S/C6H14B2NO/c1-5(2,9-8-7)6(3,4)10/h9-10H,1-4H3. The Balaban J connectivity index is 4.10. The molecule has 0 aromatic carbocycles. The molecule has 55 valence electrons. The smallest absolute Gasteiger partial charge is 0.145 e. The van der Waals surface area contributed by atoms with Crippen LogP contribution in [-0.4, -0.2) is 31.3 Å². The molecule has 0 bridgehead atoms. The van der Waals surface area contributed by atoms with E-state index in [1.807, 2.05) is 13.8 Å².